The molecule has 0 unspecified atom stereocenters. The highest BCUT2D eigenvalue weighted by Gasteiger charge is 2.27. The van der Waals surface area contributed by atoms with Crippen molar-refractivity contribution in [2.45, 2.75) is 31.3 Å². The molecule has 0 amide bonds. The summed E-state index contributed by atoms with van der Waals surface area (Å²) in [4.78, 5) is 24.5. The van der Waals surface area contributed by atoms with Gasteiger partial charge in [0.2, 0.25) is 10.0 Å². The second kappa shape index (κ2) is 8.04. The van der Waals surface area contributed by atoms with E-state index < -0.39 is 21.6 Å². The third kappa shape index (κ3) is 4.01. The van der Waals surface area contributed by atoms with Crippen LogP contribution in [0.2, 0.25) is 0 Å². The number of rotatable bonds is 5. The first-order chi connectivity index (χ1) is 14.3. The molecule has 1 saturated heterocycles. The summed E-state index contributed by atoms with van der Waals surface area (Å²) in [6.45, 7) is 2.72. The molecular weight excluding hydrogens is 406 g/mol. The number of aryl methyl sites for hydroxylation is 1. The van der Waals surface area contributed by atoms with E-state index in [1.165, 1.54) is 34.6 Å². The third-order valence-electron chi connectivity index (χ3n) is 5.12. The summed E-state index contributed by atoms with van der Waals surface area (Å²) < 4.78 is 37.5. The summed E-state index contributed by atoms with van der Waals surface area (Å²) in [5.41, 5.74) is 1.50. The minimum Gasteiger partial charge on any atom is -0.457 e. The lowest BCUT2D eigenvalue weighted by molar-refractivity contribution is 0.0473. The molecule has 1 aliphatic heterocycles. The molecule has 8 heteroatoms. The fraction of sp³-hybridized carbons (Fsp3) is 0.273. The zero-order valence-electron chi connectivity index (χ0n) is 16.5. The van der Waals surface area contributed by atoms with Gasteiger partial charge in [-0.2, -0.15) is 4.31 Å². The summed E-state index contributed by atoms with van der Waals surface area (Å²) >= 11 is 0. The van der Waals surface area contributed by atoms with E-state index in [0.717, 1.165) is 18.4 Å². The highest BCUT2D eigenvalue weighted by atomic mass is 32.2. The van der Waals surface area contributed by atoms with Crippen molar-refractivity contribution in [1.29, 1.82) is 0 Å². The summed E-state index contributed by atoms with van der Waals surface area (Å²) in [6, 6.07) is 12.6. The lowest BCUT2D eigenvalue weighted by Crippen LogP contribution is -2.28. The molecule has 156 valence electrons. The third-order valence-corrected chi connectivity index (χ3v) is 7.01. The molecule has 2 aromatic carbocycles. The number of hydrogen-bond donors (Lipinski definition) is 0. The van der Waals surface area contributed by atoms with Gasteiger partial charge in [-0.3, -0.25) is 0 Å². The van der Waals surface area contributed by atoms with Crippen LogP contribution in [0.1, 0.15) is 34.3 Å². The molecule has 1 fully saturated rings. The number of esters is 1. The van der Waals surface area contributed by atoms with Crippen molar-refractivity contribution in [2.75, 3.05) is 13.1 Å². The van der Waals surface area contributed by atoms with E-state index in [-0.39, 0.29) is 17.1 Å². The molecule has 0 saturated carbocycles. The van der Waals surface area contributed by atoms with Gasteiger partial charge in [0.25, 0.3) is 0 Å². The highest BCUT2D eigenvalue weighted by Crippen LogP contribution is 2.23. The van der Waals surface area contributed by atoms with Gasteiger partial charge < -0.3 is 9.15 Å². The minimum absolute atomic E-state index is 0.0696. The summed E-state index contributed by atoms with van der Waals surface area (Å²) in [5, 5.41) is 0.679. The van der Waals surface area contributed by atoms with Gasteiger partial charge in [-0.15, -0.1) is 0 Å². The quantitative estimate of drug-likeness (QED) is 0.458. The Hall–Kier alpha value is -2.97. The average molecular weight is 427 g/mol. The molecule has 1 aliphatic rings. The SMILES string of the molecule is Cc1ccc2c(COC(=O)c3cccc(S(=O)(=O)N4CCCC4)c3)cc(=O)oc2c1. The molecule has 0 aliphatic carbocycles. The van der Waals surface area contributed by atoms with Crippen LogP contribution >= 0.6 is 0 Å². The van der Waals surface area contributed by atoms with Crippen LogP contribution in [0.25, 0.3) is 11.0 Å². The van der Waals surface area contributed by atoms with E-state index in [4.69, 9.17) is 9.15 Å². The van der Waals surface area contributed by atoms with Gasteiger partial charge in [-0.25, -0.2) is 18.0 Å². The first-order valence-electron chi connectivity index (χ1n) is 9.65. The Bertz CT molecular complexity index is 1270. The molecule has 0 bridgehead atoms. The largest absolute Gasteiger partial charge is 0.457 e. The normalized spacial score (nSPS) is 14.8. The minimum atomic E-state index is -3.63. The first kappa shape index (κ1) is 20.3. The molecule has 1 aromatic heterocycles. The molecule has 7 nitrogen and oxygen atoms in total. The zero-order valence-corrected chi connectivity index (χ0v) is 17.3. The maximum atomic E-state index is 12.7. The van der Waals surface area contributed by atoms with Crippen LogP contribution in [0, 0.1) is 6.92 Å². The topological polar surface area (TPSA) is 93.9 Å². The summed E-state index contributed by atoms with van der Waals surface area (Å²) in [5.74, 6) is -0.665. The van der Waals surface area contributed by atoms with Gasteiger partial charge in [0.05, 0.1) is 10.5 Å². The van der Waals surface area contributed by atoms with Gasteiger partial charge in [-0.1, -0.05) is 18.2 Å². The van der Waals surface area contributed by atoms with Crippen LogP contribution in [0.15, 0.2) is 62.6 Å². The molecule has 0 N–H and O–H groups in total. The standard InChI is InChI=1S/C22H21NO6S/c1-15-7-8-19-17(13-21(24)29-20(19)11-15)14-28-22(25)16-5-4-6-18(12-16)30(26,27)23-9-2-3-10-23/h4-8,11-13H,2-3,9-10,14H2,1H3. The Morgan fingerprint density at radius 3 is 2.63 bits per heavy atom. The van der Waals surface area contributed by atoms with E-state index in [1.54, 1.807) is 12.1 Å². The maximum Gasteiger partial charge on any atom is 0.338 e. The lowest BCUT2D eigenvalue weighted by Gasteiger charge is -2.16. The van der Waals surface area contributed by atoms with Crippen molar-refractivity contribution in [1.82, 2.24) is 4.31 Å². The van der Waals surface area contributed by atoms with E-state index in [0.29, 0.717) is 29.6 Å². The number of nitrogens with zero attached hydrogens (tertiary/aromatic N) is 1. The fourth-order valence-corrected chi connectivity index (χ4v) is 5.11. The smallest absolute Gasteiger partial charge is 0.338 e. The van der Waals surface area contributed by atoms with Crippen LogP contribution < -0.4 is 5.63 Å². The zero-order chi connectivity index (χ0) is 21.3. The van der Waals surface area contributed by atoms with Gasteiger partial charge in [-0.05, 0) is 49.6 Å². The van der Waals surface area contributed by atoms with Crippen molar-refractivity contribution >= 4 is 27.0 Å². The number of carbonyl (C=O) groups is 1. The molecule has 2 heterocycles. The number of hydrogen-bond acceptors (Lipinski definition) is 6. The second-order valence-electron chi connectivity index (χ2n) is 7.31. The van der Waals surface area contributed by atoms with Crippen molar-refractivity contribution in [3.63, 3.8) is 0 Å². The first-order valence-corrected chi connectivity index (χ1v) is 11.1. The number of fused-ring (bicyclic) bond motifs is 1. The van der Waals surface area contributed by atoms with E-state index in [1.807, 2.05) is 13.0 Å². The number of benzene rings is 2. The molecule has 4 rings (SSSR count). The molecule has 0 spiro atoms. The number of carbonyl (C=O) groups excluding carboxylic acids is 1. The fourth-order valence-electron chi connectivity index (χ4n) is 3.54. The molecular formula is C22H21NO6S. The van der Waals surface area contributed by atoms with Crippen molar-refractivity contribution in [3.8, 4) is 0 Å². The van der Waals surface area contributed by atoms with Gasteiger partial charge in [0.15, 0.2) is 0 Å². The number of ether oxygens (including phenoxy) is 1. The van der Waals surface area contributed by atoms with Crippen molar-refractivity contribution in [3.05, 3.63) is 75.6 Å². The van der Waals surface area contributed by atoms with Crippen LogP contribution in [-0.4, -0.2) is 31.8 Å². The average Bonchev–Trinajstić information content (AvgIpc) is 3.27. The number of sulfonamides is 1. The van der Waals surface area contributed by atoms with E-state index in [2.05, 4.69) is 0 Å². The van der Waals surface area contributed by atoms with Crippen LogP contribution in [0.4, 0.5) is 0 Å². The van der Waals surface area contributed by atoms with E-state index >= 15 is 0 Å². The Balaban J connectivity index is 1.56. The predicted octanol–water partition coefficient (Wildman–Crippen LogP) is 3.24. The van der Waals surface area contributed by atoms with Crippen LogP contribution in [0.5, 0.6) is 0 Å². The lowest BCUT2D eigenvalue weighted by atomic mass is 10.1. The predicted molar refractivity (Wildman–Crippen MR) is 111 cm³/mol. The van der Waals surface area contributed by atoms with Gasteiger partial charge >= 0.3 is 11.6 Å². The van der Waals surface area contributed by atoms with E-state index in [9.17, 15) is 18.0 Å². The Labute approximate surface area is 173 Å². The van der Waals surface area contributed by atoms with Gasteiger partial charge in [0, 0.05) is 30.1 Å². The second-order valence-corrected chi connectivity index (χ2v) is 9.24. The monoisotopic (exact) mass is 427 g/mol. The Morgan fingerprint density at radius 2 is 1.87 bits per heavy atom. The Morgan fingerprint density at radius 1 is 1.10 bits per heavy atom. The maximum absolute atomic E-state index is 12.7. The Kier molecular flexibility index (Phi) is 5.44. The van der Waals surface area contributed by atoms with Gasteiger partial charge in [0.1, 0.15) is 12.2 Å². The molecule has 0 atom stereocenters. The van der Waals surface area contributed by atoms with Crippen LogP contribution in [-0.2, 0) is 21.4 Å². The summed E-state index contributed by atoms with van der Waals surface area (Å²) in [6.07, 6.45) is 1.67. The molecule has 30 heavy (non-hydrogen) atoms. The van der Waals surface area contributed by atoms with Crippen molar-refractivity contribution in [2.24, 2.45) is 0 Å². The summed E-state index contributed by atoms with van der Waals surface area (Å²) in [7, 11) is -3.63. The molecule has 0 radical (unpaired) electrons. The van der Waals surface area contributed by atoms with Crippen molar-refractivity contribution < 1.29 is 22.4 Å². The highest BCUT2D eigenvalue weighted by molar-refractivity contribution is 7.89. The van der Waals surface area contributed by atoms with Crippen LogP contribution in [0.3, 0.4) is 0 Å². The molecule has 3 aromatic rings.